The van der Waals surface area contributed by atoms with Crippen LogP contribution in [-0.2, 0) is 9.53 Å². The van der Waals surface area contributed by atoms with Crippen molar-refractivity contribution >= 4 is 5.97 Å². The molecule has 0 aliphatic heterocycles. The molecule has 0 bridgehead atoms. The number of aliphatic hydroxyl groups is 1. The van der Waals surface area contributed by atoms with Crippen LogP contribution in [0.15, 0.2) is 0 Å². The lowest BCUT2D eigenvalue weighted by molar-refractivity contribution is -0.150. The van der Waals surface area contributed by atoms with E-state index in [4.69, 9.17) is 9.84 Å². The van der Waals surface area contributed by atoms with Gasteiger partial charge in [0.2, 0.25) is 0 Å². The zero-order valence-corrected chi connectivity index (χ0v) is 8.54. The molecule has 0 aromatic rings. The quantitative estimate of drug-likeness (QED) is 0.590. The summed E-state index contributed by atoms with van der Waals surface area (Å²) in [4.78, 5) is 11.3. The van der Waals surface area contributed by atoms with Crippen LogP contribution in [0, 0.1) is 0 Å². The van der Waals surface area contributed by atoms with Crippen molar-refractivity contribution < 1.29 is 14.6 Å². The zero-order valence-electron chi connectivity index (χ0n) is 8.54. The molecular formula is C9H19NO3. The molecule has 0 aromatic carbocycles. The van der Waals surface area contributed by atoms with Crippen molar-refractivity contribution in [1.29, 1.82) is 0 Å². The number of carbonyl (C=O) groups excluding carboxylic acids is 1. The Morgan fingerprint density at radius 3 is 2.54 bits per heavy atom. The Morgan fingerprint density at radius 2 is 2.15 bits per heavy atom. The highest BCUT2D eigenvalue weighted by Crippen LogP contribution is 1.98. The first kappa shape index (κ1) is 12.4. The third-order valence-corrected chi connectivity index (χ3v) is 1.55. The van der Waals surface area contributed by atoms with Gasteiger partial charge in [0.15, 0.2) is 0 Å². The van der Waals surface area contributed by atoms with Gasteiger partial charge in [0.1, 0.15) is 6.04 Å². The first-order valence-electron chi connectivity index (χ1n) is 4.66. The fraction of sp³-hybridized carbons (Fsp3) is 0.889. The van der Waals surface area contributed by atoms with Crippen LogP contribution < -0.4 is 5.32 Å². The number of nitrogens with one attached hydrogen (secondary N) is 1. The van der Waals surface area contributed by atoms with E-state index in [1.165, 1.54) is 0 Å². The first-order chi connectivity index (χ1) is 6.11. The van der Waals surface area contributed by atoms with Crippen molar-refractivity contribution in [1.82, 2.24) is 5.32 Å². The van der Waals surface area contributed by atoms with Crippen molar-refractivity contribution in [3.63, 3.8) is 0 Å². The van der Waals surface area contributed by atoms with Crippen molar-refractivity contribution in [3.05, 3.63) is 0 Å². The van der Waals surface area contributed by atoms with E-state index in [2.05, 4.69) is 5.32 Å². The molecule has 1 atom stereocenters. The topological polar surface area (TPSA) is 58.6 Å². The number of hydrogen-bond donors (Lipinski definition) is 2. The maximum Gasteiger partial charge on any atom is 0.323 e. The molecule has 0 aliphatic rings. The van der Waals surface area contributed by atoms with Gasteiger partial charge in [-0.3, -0.25) is 4.79 Å². The van der Waals surface area contributed by atoms with E-state index in [1.807, 2.05) is 20.8 Å². The Hall–Kier alpha value is -0.610. The van der Waals surface area contributed by atoms with Crippen LogP contribution in [0.5, 0.6) is 0 Å². The number of rotatable bonds is 6. The van der Waals surface area contributed by atoms with E-state index in [1.54, 1.807) is 0 Å². The van der Waals surface area contributed by atoms with Gasteiger partial charge in [-0.2, -0.15) is 0 Å². The zero-order chi connectivity index (χ0) is 10.3. The third kappa shape index (κ3) is 5.60. The van der Waals surface area contributed by atoms with E-state index < -0.39 is 0 Å². The highest BCUT2D eigenvalue weighted by Gasteiger charge is 2.17. The SMILES string of the molecule is CCC(NCCO)C(=O)OC(C)C. The van der Waals surface area contributed by atoms with Crippen LogP contribution in [0.3, 0.4) is 0 Å². The number of carbonyl (C=O) groups is 1. The second-order valence-corrected chi connectivity index (χ2v) is 3.12. The predicted octanol–water partition coefficient (Wildman–Crippen LogP) is 0.298. The lowest BCUT2D eigenvalue weighted by Crippen LogP contribution is -2.39. The lowest BCUT2D eigenvalue weighted by atomic mass is 10.2. The van der Waals surface area contributed by atoms with E-state index in [0.717, 1.165) is 0 Å². The molecule has 4 nitrogen and oxygen atoms in total. The second kappa shape index (κ2) is 6.86. The summed E-state index contributed by atoms with van der Waals surface area (Å²) in [6, 6.07) is -0.297. The van der Waals surface area contributed by atoms with Crippen molar-refractivity contribution in [3.8, 4) is 0 Å². The molecule has 78 valence electrons. The summed E-state index contributed by atoms with van der Waals surface area (Å²) in [6.07, 6.45) is 0.587. The van der Waals surface area contributed by atoms with Crippen molar-refractivity contribution in [2.75, 3.05) is 13.2 Å². The molecule has 4 heteroatoms. The van der Waals surface area contributed by atoms with Crippen LogP contribution in [0.1, 0.15) is 27.2 Å². The molecule has 13 heavy (non-hydrogen) atoms. The van der Waals surface area contributed by atoms with Gasteiger partial charge in [-0.05, 0) is 20.3 Å². The summed E-state index contributed by atoms with van der Waals surface area (Å²) in [5.41, 5.74) is 0. The van der Waals surface area contributed by atoms with Gasteiger partial charge in [-0.15, -0.1) is 0 Å². The number of hydrogen-bond acceptors (Lipinski definition) is 4. The molecule has 2 N–H and O–H groups in total. The summed E-state index contributed by atoms with van der Waals surface area (Å²) in [5.74, 6) is -0.244. The first-order valence-corrected chi connectivity index (χ1v) is 4.66. The molecule has 0 saturated heterocycles. The Kier molecular flexibility index (Phi) is 6.54. The van der Waals surface area contributed by atoms with Crippen LogP contribution in [0.25, 0.3) is 0 Å². The molecular weight excluding hydrogens is 170 g/mol. The number of aliphatic hydroxyl groups excluding tert-OH is 1. The van der Waals surface area contributed by atoms with E-state index >= 15 is 0 Å². The van der Waals surface area contributed by atoms with Gasteiger partial charge in [-0.25, -0.2) is 0 Å². The molecule has 0 heterocycles. The fourth-order valence-electron chi connectivity index (χ4n) is 0.948. The minimum atomic E-state index is -0.297. The van der Waals surface area contributed by atoms with Crippen molar-refractivity contribution in [2.45, 2.75) is 39.3 Å². The average Bonchev–Trinajstić information content (AvgIpc) is 2.04. The number of ether oxygens (including phenoxy) is 1. The Bertz CT molecular complexity index is 148. The normalized spacial score (nSPS) is 13.0. The fourth-order valence-corrected chi connectivity index (χ4v) is 0.948. The maximum atomic E-state index is 11.3. The highest BCUT2D eigenvalue weighted by atomic mass is 16.5. The molecule has 0 aromatic heterocycles. The molecule has 1 unspecified atom stereocenters. The van der Waals surface area contributed by atoms with Gasteiger partial charge in [-0.1, -0.05) is 6.92 Å². The average molecular weight is 189 g/mol. The van der Waals surface area contributed by atoms with Gasteiger partial charge in [0.25, 0.3) is 0 Å². The highest BCUT2D eigenvalue weighted by molar-refractivity contribution is 5.75. The summed E-state index contributed by atoms with van der Waals surface area (Å²) in [6.45, 7) is 5.99. The van der Waals surface area contributed by atoms with E-state index in [0.29, 0.717) is 13.0 Å². The molecule has 0 aliphatic carbocycles. The lowest BCUT2D eigenvalue weighted by Gasteiger charge is -2.16. The summed E-state index contributed by atoms with van der Waals surface area (Å²) >= 11 is 0. The smallest absolute Gasteiger partial charge is 0.323 e. The maximum absolute atomic E-state index is 11.3. The predicted molar refractivity (Wildman–Crippen MR) is 50.4 cm³/mol. The number of esters is 1. The molecule has 0 rings (SSSR count). The van der Waals surface area contributed by atoms with Crippen LogP contribution >= 0.6 is 0 Å². The van der Waals surface area contributed by atoms with Crippen LogP contribution in [0.4, 0.5) is 0 Å². The monoisotopic (exact) mass is 189 g/mol. The van der Waals surface area contributed by atoms with E-state index in [9.17, 15) is 4.79 Å². The Balaban J connectivity index is 3.84. The largest absolute Gasteiger partial charge is 0.462 e. The van der Waals surface area contributed by atoms with Gasteiger partial charge < -0.3 is 15.2 Å². The molecule has 0 saturated carbocycles. The summed E-state index contributed by atoms with van der Waals surface area (Å²) in [5, 5.41) is 11.5. The third-order valence-electron chi connectivity index (χ3n) is 1.55. The Labute approximate surface area is 79.3 Å². The molecule has 0 radical (unpaired) electrons. The summed E-state index contributed by atoms with van der Waals surface area (Å²) < 4.78 is 5.02. The minimum absolute atomic E-state index is 0.0332. The second-order valence-electron chi connectivity index (χ2n) is 3.12. The molecule has 0 spiro atoms. The van der Waals surface area contributed by atoms with Gasteiger partial charge in [0.05, 0.1) is 12.7 Å². The molecule has 0 amide bonds. The van der Waals surface area contributed by atoms with Crippen LogP contribution in [-0.4, -0.2) is 36.4 Å². The van der Waals surface area contributed by atoms with E-state index in [-0.39, 0.29) is 24.7 Å². The van der Waals surface area contributed by atoms with Crippen molar-refractivity contribution in [2.24, 2.45) is 0 Å². The molecule has 0 fully saturated rings. The Morgan fingerprint density at radius 1 is 1.54 bits per heavy atom. The summed E-state index contributed by atoms with van der Waals surface area (Å²) in [7, 11) is 0. The van der Waals surface area contributed by atoms with Gasteiger partial charge in [0, 0.05) is 6.54 Å². The standard InChI is InChI=1S/C9H19NO3/c1-4-8(10-5-6-11)9(12)13-7(2)3/h7-8,10-11H,4-6H2,1-3H3. The minimum Gasteiger partial charge on any atom is -0.462 e. The van der Waals surface area contributed by atoms with Gasteiger partial charge >= 0.3 is 5.97 Å². The van der Waals surface area contributed by atoms with Crippen LogP contribution in [0.2, 0.25) is 0 Å².